The van der Waals surface area contributed by atoms with Crippen molar-refractivity contribution in [1.29, 1.82) is 0 Å². The molecule has 10 aromatic rings. The van der Waals surface area contributed by atoms with E-state index >= 15 is 0 Å². The van der Waals surface area contributed by atoms with Gasteiger partial charge in [-0.3, -0.25) is 4.57 Å². The maximum Gasteiger partial charge on any atom is 0.145 e. The molecule has 0 saturated carbocycles. The second-order valence-corrected chi connectivity index (χ2v) is 15.1. The maximum absolute atomic E-state index is 5.27. The van der Waals surface area contributed by atoms with Crippen molar-refractivity contribution >= 4 is 38.9 Å². The Morgan fingerprint density at radius 3 is 1.93 bits per heavy atom. The van der Waals surface area contributed by atoms with Crippen LogP contribution in [0.4, 0.5) is 0 Å². The van der Waals surface area contributed by atoms with E-state index in [1.807, 2.05) is 6.20 Å². The SMILES string of the molecule is CC1c2c(c3cccnc3n2-c2cccc(-c3cc(-c4ccccc4)cc(-c4ccccc4)n3)c2)C=CC1c1ccc2c(c1)c1ccccc1n2-c1ccccc1. The van der Waals surface area contributed by atoms with Crippen molar-refractivity contribution in [2.45, 2.75) is 18.8 Å². The molecule has 4 heteroatoms. The van der Waals surface area contributed by atoms with E-state index in [4.69, 9.17) is 9.97 Å². The summed E-state index contributed by atoms with van der Waals surface area (Å²) in [4.78, 5) is 10.3. The molecule has 2 atom stereocenters. The van der Waals surface area contributed by atoms with Gasteiger partial charge in [0, 0.05) is 68.0 Å². The Hall–Kier alpha value is -7.30. The molecule has 6 aromatic carbocycles. The number of benzene rings is 6. The zero-order valence-corrected chi connectivity index (χ0v) is 31.5. The van der Waals surface area contributed by atoms with Crippen molar-refractivity contribution in [3.63, 3.8) is 0 Å². The Morgan fingerprint density at radius 2 is 1.12 bits per heavy atom. The number of aromatic nitrogens is 4. The number of hydrogen-bond donors (Lipinski definition) is 0. The van der Waals surface area contributed by atoms with Crippen LogP contribution in [0, 0.1) is 0 Å². The molecule has 0 N–H and O–H groups in total. The summed E-state index contributed by atoms with van der Waals surface area (Å²) in [6.07, 6.45) is 6.65. The molecular weight excluding hydrogens is 693 g/mol. The highest BCUT2D eigenvalue weighted by molar-refractivity contribution is 6.09. The number of rotatable bonds is 6. The molecule has 4 nitrogen and oxygen atoms in total. The second kappa shape index (κ2) is 13.5. The highest BCUT2D eigenvalue weighted by Crippen LogP contribution is 2.46. The predicted octanol–water partition coefficient (Wildman–Crippen LogP) is 13.4. The van der Waals surface area contributed by atoms with E-state index < -0.39 is 0 Å². The molecular formula is C53H38N4. The first-order valence-corrected chi connectivity index (χ1v) is 19.7. The van der Waals surface area contributed by atoms with Gasteiger partial charge in [0.15, 0.2) is 0 Å². The molecule has 4 aromatic heterocycles. The molecule has 2 unspecified atom stereocenters. The van der Waals surface area contributed by atoms with Crippen LogP contribution in [0.5, 0.6) is 0 Å². The lowest BCUT2D eigenvalue weighted by atomic mass is 9.79. The van der Waals surface area contributed by atoms with Gasteiger partial charge in [-0.05, 0) is 83.4 Å². The van der Waals surface area contributed by atoms with Crippen LogP contribution in [-0.2, 0) is 0 Å². The van der Waals surface area contributed by atoms with Crippen LogP contribution in [0.15, 0.2) is 194 Å². The van der Waals surface area contributed by atoms with Crippen LogP contribution >= 0.6 is 0 Å². The summed E-state index contributed by atoms with van der Waals surface area (Å²) < 4.78 is 4.78. The van der Waals surface area contributed by atoms with Gasteiger partial charge >= 0.3 is 0 Å². The minimum Gasteiger partial charge on any atom is -0.309 e. The summed E-state index contributed by atoms with van der Waals surface area (Å²) in [5.41, 5.74) is 15.8. The first-order chi connectivity index (χ1) is 28.2. The van der Waals surface area contributed by atoms with Gasteiger partial charge in [-0.2, -0.15) is 0 Å². The number of hydrogen-bond acceptors (Lipinski definition) is 2. The summed E-state index contributed by atoms with van der Waals surface area (Å²) >= 11 is 0. The highest BCUT2D eigenvalue weighted by atomic mass is 15.1. The first kappa shape index (κ1) is 33.1. The van der Waals surface area contributed by atoms with Crippen LogP contribution in [0.25, 0.3) is 83.9 Å². The van der Waals surface area contributed by atoms with Crippen molar-refractivity contribution in [1.82, 2.24) is 19.1 Å². The molecule has 0 aliphatic heterocycles. The monoisotopic (exact) mass is 730 g/mol. The fraction of sp³-hybridized carbons (Fsp3) is 0.0566. The Bertz CT molecular complexity index is 3080. The zero-order chi connectivity index (χ0) is 37.9. The van der Waals surface area contributed by atoms with Crippen LogP contribution in [0.2, 0.25) is 0 Å². The van der Waals surface area contributed by atoms with Crippen LogP contribution in [0.1, 0.15) is 35.6 Å². The largest absolute Gasteiger partial charge is 0.309 e. The van der Waals surface area contributed by atoms with E-state index in [1.165, 1.54) is 49.9 Å². The van der Waals surface area contributed by atoms with E-state index in [-0.39, 0.29) is 11.8 Å². The lowest BCUT2D eigenvalue weighted by Crippen LogP contribution is -2.15. The predicted molar refractivity (Wildman–Crippen MR) is 236 cm³/mol. The third-order valence-electron chi connectivity index (χ3n) is 11.7. The van der Waals surface area contributed by atoms with Gasteiger partial charge in [-0.1, -0.05) is 134 Å². The number of fused-ring (bicyclic) bond motifs is 6. The van der Waals surface area contributed by atoms with E-state index in [9.17, 15) is 0 Å². The first-order valence-electron chi connectivity index (χ1n) is 19.7. The fourth-order valence-corrected chi connectivity index (χ4v) is 9.07. The minimum atomic E-state index is 0.171. The topological polar surface area (TPSA) is 35.6 Å². The molecule has 0 fully saturated rings. The number of para-hydroxylation sites is 2. The van der Waals surface area contributed by atoms with Crippen LogP contribution < -0.4 is 0 Å². The zero-order valence-electron chi connectivity index (χ0n) is 31.5. The van der Waals surface area contributed by atoms with Crippen LogP contribution in [0.3, 0.4) is 0 Å². The lowest BCUT2D eigenvalue weighted by molar-refractivity contribution is 0.639. The highest BCUT2D eigenvalue weighted by Gasteiger charge is 2.31. The smallest absolute Gasteiger partial charge is 0.145 e. The van der Waals surface area contributed by atoms with E-state index in [0.29, 0.717) is 0 Å². The summed E-state index contributed by atoms with van der Waals surface area (Å²) in [7, 11) is 0. The molecule has 0 radical (unpaired) electrons. The third-order valence-corrected chi connectivity index (χ3v) is 11.7. The Labute approximate surface area is 331 Å². The van der Waals surface area contributed by atoms with Gasteiger partial charge in [0.05, 0.1) is 22.4 Å². The molecule has 57 heavy (non-hydrogen) atoms. The molecule has 4 heterocycles. The average molecular weight is 731 g/mol. The molecule has 1 aliphatic carbocycles. The van der Waals surface area contributed by atoms with Gasteiger partial charge in [0.2, 0.25) is 0 Å². The van der Waals surface area contributed by atoms with Gasteiger partial charge < -0.3 is 4.57 Å². The van der Waals surface area contributed by atoms with Crippen molar-refractivity contribution in [3.05, 3.63) is 211 Å². The Kier molecular flexibility index (Phi) is 7.82. The molecule has 0 bridgehead atoms. The summed E-state index contributed by atoms with van der Waals surface area (Å²) in [6.45, 7) is 2.38. The molecule has 270 valence electrons. The Morgan fingerprint density at radius 1 is 0.474 bits per heavy atom. The van der Waals surface area contributed by atoms with Crippen molar-refractivity contribution in [3.8, 4) is 45.0 Å². The molecule has 0 amide bonds. The second-order valence-electron chi connectivity index (χ2n) is 15.1. The van der Waals surface area contributed by atoms with E-state index in [2.05, 4.69) is 210 Å². The van der Waals surface area contributed by atoms with Gasteiger partial charge in [0.1, 0.15) is 5.65 Å². The standard InChI is InChI=1S/C53H38N4/c1-35-43(38-26-29-51-47(32-38)44-23-11-12-25-50(44)56(51)41-20-9-4-10-21-41)27-28-45-46-24-14-30-54-53(46)57(52(35)45)42-22-13-19-39(31-42)49-34-40(36-15-5-2-6-16-36)33-48(55-49)37-17-7-3-8-18-37/h2-35,43H,1H3. The molecule has 0 saturated heterocycles. The molecule has 0 spiro atoms. The summed E-state index contributed by atoms with van der Waals surface area (Å²) in [6, 6.07) is 65.0. The van der Waals surface area contributed by atoms with E-state index in [1.54, 1.807) is 0 Å². The van der Waals surface area contributed by atoms with Gasteiger partial charge in [-0.15, -0.1) is 0 Å². The summed E-state index contributed by atoms with van der Waals surface area (Å²) in [5, 5.41) is 3.70. The number of nitrogens with zero attached hydrogens (tertiary/aromatic N) is 4. The van der Waals surface area contributed by atoms with Gasteiger partial charge in [0.25, 0.3) is 0 Å². The van der Waals surface area contributed by atoms with Crippen LogP contribution in [-0.4, -0.2) is 19.1 Å². The van der Waals surface area contributed by atoms with Crippen molar-refractivity contribution in [2.24, 2.45) is 0 Å². The molecule has 1 aliphatic rings. The lowest BCUT2D eigenvalue weighted by Gasteiger charge is -2.28. The Balaban J connectivity index is 1.04. The van der Waals surface area contributed by atoms with E-state index in [0.717, 1.165) is 44.8 Å². The quantitative estimate of drug-likeness (QED) is 0.171. The van der Waals surface area contributed by atoms with Crippen molar-refractivity contribution < 1.29 is 0 Å². The normalized spacial score (nSPS) is 15.0. The number of pyridine rings is 2. The maximum atomic E-state index is 5.27. The van der Waals surface area contributed by atoms with Gasteiger partial charge in [-0.25, -0.2) is 9.97 Å². The minimum absolute atomic E-state index is 0.171. The number of allylic oxidation sites excluding steroid dienone is 1. The fourth-order valence-electron chi connectivity index (χ4n) is 9.07. The average Bonchev–Trinajstić information content (AvgIpc) is 3.81. The summed E-state index contributed by atoms with van der Waals surface area (Å²) in [5.74, 6) is 0.344. The van der Waals surface area contributed by atoms with Crippen molar-refractivity contribution in [2.75, 3.05) is 0 Å². The third kappa shape index (κ3) is 5.52. The molecule has 11 rings (SSSR count).